The monoisotopic (exact) mass is 387 g/mol. The topological polar surface area (TPSA) is 94.9 Å². The Kier molecular flexibility index (Phi) is 4.14. The molecule has 0 radical (unpaired) electrons. The molecule has 4 rings (SSSR count). The SMILES string of the molecule is CS(=O)(=O)CC(c1ccc(O)c(O)c1)N1Cc2cccc(C3CC3)c2C1=O. The molecular weight excluding hydrogens is 366 g/mol. The maximum atomic E-state index is 13.2. The number of sulfone groups is 1. The summed E-state index contributed by atoms with van der Waals surface area (Å²) in [5, 5.41) is 19.4. The van der Waals surface area contributed by atoms with Crippen molar-refractivity contribution in [3.05, 3.63) is 58.7 Å². The van der Waals surface area contributed by atoms with Gasteiger partial charge in [0.1, 0.15) is 9.84 Å². The molecule has 142 valence electrons. The van der Waals surface area contributed by atoms with Gasteiger partial charge < -0.3 is 15.1 Å². The Morgan fingerprint density at radius 2 is 1.89 bits per heavy atom. The van der Waals surface area contributed by atoms with E-state index in [2.05, 4.69) is 0 Å². The van der Waals surface area contributed by atoms with E-state index in [0.717, 1.165) is 30.2 Å². The van der Waals surface area contributed by atoms with Crippen molar-refractivity contribution in [2.75, 3.05) is 12.0 Å². The van der Waals surface area contributed by atoms with Gasteiger partial charge in [-0.1, -0.05) is 24.3 Å². The molecule has 1 saturated carbocycles. The fourth-order valence-electron chi connectivity index (χ4n) is 3.80. The van der Waals surface area contributed by atoms with E-state index in [0.29, 0.717) is 23.6 Å². The molecule has 2 N–H and O–H groups in total. The molecule has 1 heterocycles. The lowest BCUT2D eigenvalue weighted by Crippen LogP contribution is -2.33. The van der Waals surface area contributed by atoms with Crippen LogP contribution in [0.25, 0.3) is 0 Å². The molecule has 1 amide bonds. The van der Waals surface area contributed by atoms with E-state index in [9.17, 15) is 23.4 Å². The van der Waals surface area contributed by atoms with Crippen LogP contribution in [0.5, 0.6) is 11.5 Å². The van der Waals surface area contributed by atoms with Crippen LogP contribution >= 0.6 is 0 Å². The van der Waals surface area contributed by atoms with E-state index >= 15 is 0 Å². The summed E-state index contributed by atoms with van der Waals surface area (Å²) in [6.07, 6.45) is 3.27. The van der Waals surface area contributed by atoms with Crippen molar-refractivity contribution in [2.45, 2.75) is 31.3 Å². The molecule has 2 aromatic rings. The summed E-state index contributed by atoms with van der Waals surface area (Å²) in [7, 11) is -3.39. The molecule has 1 atom stereocenters. The van der Waals surface area contributed by atoms with Crippen LogP contribution in [0.4, 0.5) is 0 Å². The number of rotatable bonds is 5. The number of phenolic OH excluding ortho intramolecular Hbond substituents is 2. The first-order valence-electron chi connectivity index (χ1n) is 8.87. The first-order valence-corrected chi connectivity index (χ1v) is 10.9. The number of hydrogen-bond donors (Lipinski definition) is 2. The van der Waals surface area contributed by atoms with Crippen molar-refractivity contribution in [1.82, 2.24) is 4.90 Å². The van der Waals surface area contributed by atoms with Gasteiger partial charge in [0.2, 0.25) is 0 Å². The molecule has 1 aliphatic heterocycles. The molecule has 1 fully saturated rings. The molecule has 7 heteroatoms. The second kappa shape index (κ2) is 6.27. The maximum absolute atomic E-state index is 13.2. The Bertz CT molecular complexity index is 1030. The summed E-state index contributed by atoms with van der Waals surface area (Å²) in [5.41, 5.74) is 3.13. The van der Waals surface area contributed by atoms with Crippen molar-refractivity contribution < 1.29 is 23.4 Å². The Morgan fingerprint density at radius 1 is 1.15 bits per heavy atom. The van der Waals surface area contributed by atoms with E-state index in [1.54, 1.807) is 11.0 Å². The van der Waals surface area contributed by atoms with Gasteiger partial charge in [-0.2, -0.15) is 0 Å². The summed E-state index contributed by atoms with van der Waals surface area (Å²) in [6.45, 7) is 0.330. The van der Waals surface area contributed by atoms with Crippen LogP contribution in [-0.2, 0) is 16.4 Å². The van der Waals surface area contributed by atoms with Crippen LogP contribution in [0.1, 0.15) is 51.8 Å². The smallest absolute Gasteiger partial charge is 0.255 e. The van der Waals surface area contributed by atoms with Gasteiger partial charge in [-0.05, 0) is 47.6 Å². The van der Waals surface area contributed by atoms with Gasteiger partial charge in [0, 0.05) is 18.4 Å². The highest BCUT2D eigenvalue weighted by atomic mass is 32.2. The Hall–Kier alpha value is -2.54. The number of benzene rings is 2. The standard InChI is InChI=1S/C20H21NO5S/c1-27(25,26)11-16(13-7-8-17(22)18(23)9-13)21-10-14-3-2-4-15(12-5-6-12)19(14)20(21)24/h2-4,7-9,12,16,22-23H,5-6,10-11H2,1H3. The Morgan fingerprint density at radius 3 is 2.52 bits per heavy atom. The van der Waals surface area contributed by atoms with Gasteiger partial charge >= 0.3 is 0 Å². The molecule has 0 saturated heterocycles. The molecule has 0 aromatic heterocycles. The maximum Gasteiger partial charge on any atom is 0.255 e. The first kappa shape index (κ1) is 17.9. The lowest BCUT2D eigenvalue weighted by Gasteiger charge is -2.28. The van der Waals surface area contributed by atoms with Crippen LogP contribution in [0.15, 0.2) is 36.4 Å². The van der Waals surface area contributed by atoms with Crippen molar-refractivity contribution in [1.29, 1.82) is 0 Å². The highest BCUT2D eigenvalue weighted by molar-refractivity contribution is 7.90. The number of nitrogens with zero attached hydrogens (tertiary/aromatic N) is 1. The van der Waals surface area contributed by atoms with Gasteiger partial charge in [0.05, 0.1) is 11.8 Å². The number of phenols is 2. The van der Waals surface area contributed by atoms with E-state index in [1.807, 2.05) is 18.2 Å². The number of hydrogen-bond acceptors (Lipinski definition) is 5. The highest BCUT2D eigenvalue weighted by Gasteiger charge is 2.39. The summed E-state index contributed by atoms with van der Waals surface area (Å²) in [4.78, 5) is 14.8. The minimum Gasteiger partial charge on any atom is -0.504 e. The number of fused-ring (bicyclic) bond motifs is 1. The summed E-state index contributed by atoms with van der Waals surface area (Å²) in [5.74, 6) is -0.642. The normalized spacial score (nSPS) is 17.8. The summed E-state index contributed by atoms with van der Waals surface area (Å²) < 4.78 is 24.1. The largest absolute Gasteiger partial charge is 0.504 e. The van der Waals surface area contributed by atoms with Gasteiger partial charge in [0.25, 0.3) is 5.91 Å². The quantitative estimate of drug-likeness (QED) is 0.769. The fourth-order valence-corrected chi connectivity index (χ4v) is 4.74. The van der Waals surface area contributed by atoms with Gasteiger partial charge in [-0.15, -0.1) is 0 Å². The van der Waals surface area contributed by atoms with Crippen molar-refractivity contribution in [3.8, 4) is 11.5 Å². The van der Waals surface area contributed by atoms with Crippen LogP contribution in [0.3, 0.4) is 0 Å². The molecule has 1 unspecified atom stereocenters. The minimum absolute atomic E-state index is 0.172. The number of aromatic hydroxyl groups is 2. The van der Waals surface area contributed by atoms with Crippen molar-refractivity contribution in [2.24, 2.45) is 0 Å². The number of carbonyl (C=O) groups excluding carboxylic acids is 1. The van der Waals surface area contributed by atoms with Crippen LogP contribution in [0.2, 0.25) is 0 Å². The second-order valence-corrected chi connectivity index (χ2v) is 9.63. The van der Waals surface area contributed by atoms with E-state index < -0.39 is 15.9 Å². The van der Waals surface area contributed by atoms with Gasteiger partial charge in [-0.3, -0.25) is 4.79 Å². The van der Waals surface area contributed by atoms with Crippen LogP contribution in [-0.4, -0.2) is 41.4 Å². The molecule has 2 aliphatic rings. The molecule has 6 nitrogen and oxygen atoms in total. The predicted octanol–water partition coefficient (Wildman–Crippen LogP) is 2.72. The zero-order valence-corrected chi connectivity index (χ0v) is 15.7. The minimum atomic E-state index is -3.39. The molecule has 1 aliphatic carbocycles. The molecule has 2 aromatic carbocycles. The summed E-state index contributed by atoms with van der Waals surface area (Å²) in [6, 6.07) is 9.27. The van der Waals surface area contributed by atoms with Gasteiger partial charge in [0.15, 0.2) is 11.5 Å². The predicted molar refractivity (Wildman–Crippen MR) is 101 cm³/mol. The zero-order chi connectivity index (χ0) is 19.3. The molecule has 0 bridgehead atoms. The fraction of sp³-hybridized carbons (Fsp3) is 0.350. The van der Waals surface area contributed by atoms with E-state index in [1.165, 1.54) is 12.1 Å². The van der Waals surface area contributed by atoms with Crippen molar-refractivity contribution >= 4 is 15.7 Å². The Balaban J connectivity index is 1.75. The first-order chi connectivity index (χ1) is 12.7. The van der Waals surface area contributed by atoms with Crippen LogP contribution in [0, 0.1) is 0 Å². The summed E-state index contributed by atoms with van der Waals surface area (Å²) >= 11 is 0. The molecule has 27 heavy (non-hydrogen) atoms. The third-order valence-corrected chi connectivity index (χ3v) is 6.16. The highest BCUT2D eigenvalue weighted by Crippen LogP contribution is 2.45. The van der Waals surface area contributed by atoms with Crippen molar-refractivity contribution in [3.63, 3.8) is 0 Å². The average molecular weight is 387 g/mol. The van der Waals surface area contributed by atoms with E-state index in [4.69, 9.17) is 0 Å². The lowest BCUT2D eigenvalue weighted by atomic mass is 9.99. The van der Waals surface area contributed by atoms with E-state index in [-0.39, 0.29) is 23.2 Å². The third-order valence-electron chi connectivity index (χ3n) is 5.24. The Labute approximate surface area is 158 Å². The van der Waals surface area contributed by atoms with Crippen LogP contribution < -0.4 is 0 Å². The average Bonchev–Trinajstić information content (AvgIpc) is 3.39. The number of carbonyl (C=O) groups is 1. The number of amides is 1. The second-order valence-electron chi connectivity index (χ2n) is 7.45. The zero-order valence-electron chi connectivity index (χ0n) is 14.9. The molecular formula is C20H21NO5S. The lowest BCUT2D eigenvalue weighted by molar-refractivity contribution is 0.0717. The molecule has 0 spiro atoms. The third kappa shape index (κ3) is 3.39. The van der Waals surface area contributed by atoms with Gasteiger partial charge in [-0.25, -0.2) is 8.42 Å².